The minimum Gasteiger partial charge on any atom is -0.354 e. The molecule has 5 nitrogen and oxygen atoms in total. The first-order valence-electron chi connectivity index (χ1n) is 8.71. The lowest BCUT2D eigenvalue weighted by Gasteiger charge is -2.10. The van der Waals surface area contributed by atoms with Crippen molar-refractivity contribution in [2.45, 2.75) is 20.3 Å². The Morgan fingerprint density at radius 2 is 1.74 bits per heavy atom. The van der Waals surface area contributed by atoms with Crippen LogP contribution in [0.4, 0.5) is 11.6 Å². The van der Waals surface area contributed by atoms with Gasteiger partial charge in [-0.05, 0) is 55.2 Å². The van der Waals surface area contributed by atoms with Crippen LogP contribution in [0.5, 0.6) is 0 Å². The summed E-state index contributed by atoms with van der Waals surface area (Å²) in [5, 5.41) is 6.79. The van der Waals surface area contributed by atoms with E-state index in [9.17, 15) is 4.79 Å². The zero-order valence-electron chi connectivity index (χ0n) is 15.3. The Balaban J connectivity index is 1.55. The molecular formula is C21H21ClN4O. The van der Waals surface area contributed by atoms with Crippen molar-refractivity contribution in [3.8, 4) is 0 Å². The molecule has 0 spiro atoms. The van der Waals surface area contributed by atoms with E-state index in [1.807, 2.05) is 56.3 Å². The topological polar surface area (TPSA) is 66.9 Å². The van der Waals surface area contributed by atoms with Crippen LogP contribution in [-0.2, 0) is 6.42 Å². The summed E-state index contributed by atoms with van der Waals surface area (Å²) in [5.74, 6) is 0.267. The molecule has 6 heteroatoms. The highest BCUT2D eigenvalue weighted by atomic mass is 35.5. The van der Waals surface area contributed by atoms with Crippen LogP contribution < -0.4 is 10.6 Å². The Bertz CT molecular complexity index is 924. The molecule has 0 saturated heterocycles. The molecule has 0 saturated carbocycles. The van der Waals surface area contributed by atoms with Gasteiger partial charge in [-0.15, -0.1) is 0 Å². The molecule has 0 aliphatic carbocycles. The fourth-order valence-corrected chi connectivity index (χ4v) is 2.71. The number of nitrogens with one attached hydrogen (secondary N) is 2. The van der Waals surface area contributed by atoms with E-state index in [2.05, 4.69) is 20.6 Å². The van der Waals surface area contributed by atoms with Crippen molar-refractivity contribution in [3.63, 3.8) is 0 Å². The summed E-state index contributed by atoms with van der Waals surface area (Å²) in [6, 6.07) is 13.5. The number of amides is 1. The normalized spacial score (nSPS) is 10.5. The largest absolute Gasteiger partial charge is 0.354 e. The summed E-state index contributed by atoms with van der Waals surface area (Å²) in [5.41, 5.74) is 4.57. The third kappa shape index (κ3) is 5.05. The number of nitrogens with zero attached hydrogens (tertiary/aromatic N) is 2. The van der Waals surface area contributed by atoms with Gasteiger partial charge in [0.1, 0.15) is 0 Å². The molecule has 0 aliphatic rings. The molecule has 0 aliphatic heterocycles. The molecule has 27 heavy (non-hydrogen) atoms. The van der Waals surface area contributed by atoms with Crippen LogP contribution in [0.1, 0.15) is 27.0 Å². The highest BCUT2D eigenvalue weighted by Gasteiger charge is 2.10. The minimum atomic E-state index is -0.226. The average molecular weight is 381 g/mol. The first-order chi connectivity index (χ1) is 13.0. The number of carbonyl (C=O) groups is 1. The Hall–Kier alpha value is -2.92. The van der Waals surface area contributed by atoms with E-state index >= 15 is 0 Å². The van der Waals surface area contributed by atoms with Gasteiger partial charge in [-0.3, -0.25) is 4.79 Å². The molecule has 0 unspecified atom stereocenters. The van der Waals surface area contributed by atoms with E-state index in [0.29, 0.717) is 18.1 Å². The van der Waals surface area contributed by atoms with Crippen LogP contribution >= 0.6 is 11.6 Å². The Morgan fingerprint density at radius 1 is 1.04 bits per heavy atom. The molecule has 2 aromatic carbocycles. The molecule has 3 aromatic rings. The lowest BCUT2D eigenvalue weighted by atomic mass is 10.1. The van der Waals surface area contributed by atoms with Crippen molar-refractivity contribution < 1.29 is 4.79 Å². The molecule has 1 amide bonds. The second kappa shape index (κ2) is 8.64. The number of hydrogen-bond donors (Lipinski definition) is 2. The predicted octanol–water partition coefficient (Wildman–Crippen LogP) is 4.65. The summed E-state index contributed by atoms with van der Waals surface area (Å²) in [4.78, 5) is 20.8. The van der Waals surface area contributed by atoms with Crippen LogP contribution in [0.3, 0.4) is 0 Å². The zero-order valence-corrected chi connectivity index (χ0v) is 16.0. The standard InChI is InChI=1S/C21H21ClN4O/c1-14-4-3-5-19(15(14)2)26-20(27)17-12-24-21(25-13-17)23-11-10-16-6-8-18(22)9-7-16/h3-9,12-13H,10-11H2,1-2H3,(H,26,27)(H,23,24,25). The van der Waals surface area contributed by atoms with Crippen LogP contribution in [-0.4, -0.2) is 22.4 Å². The predicted molar refractivity (Wildman–Crippen MR) is 110 cm³/mol. The van der Waals surface area contributed by atoms with Crippen LogP contribution in [0, 0.1) is 13.8 Å². The van der Waals surface area contributed by atoms with Crippen molar-refractivity contribution in [2.24, 2.45) is 0 Å². The zero-order chi connectivity index (χ0) is 19.2. The van der Waals surface area contributed by atoms with E-state index in [0.717, 1.165) is 28.3 Å². The van der Waals surface area contributed by atoms with Crippen molar-refractivity contribution in [1.82, 2.24) is 9.97 Å². The number of anilines is 2. The van der Waals surface area contributed by atoms with Gasteiger partial charge in [0.05, 0.1) is 5.56 Å². The Labute approximate surface area is 163 Å². The van der Waals surface area contributed by atoms with Crippen LogP contribution in [0.2, 0.25) is 5.02 Å². The smallest absolute Gasteiger partial charge is 0.258 e. The van der Waals surface area contributed by atoms with Gasteiger partial charge in [0, 0.05) is 29.6 Å². The molecule has 138 valence electrons. The molecule has 1 aromatic heterocycles. The quantitative estimate of drug-likeness (QED) is 0.653. The van der Waals surface area contributed by atoms with Gasteiger partial charge in [0.2, 0.25) is 5.95 Å². The van der Waals surface area contributed by atoms with Crippen molar-refractivity contribution in [3.05, 3.63) is 82.1 Å². The fourth-order valence-electron chi connectivity index (χ4n) is 2.59. The fraction of sp³-hybridized carbons (Fsp3) is 0.190. The number of hydrogen-bond acceptors (Lipinski definition) is 4. The van der Waals surface area contributed by atoms with Crippen molar-refractivity contribution >= 4 is 29.1 Å². The molecule has 0 atom stereocenters. The first kappa shape index (κ1) is 18.9. The molecule has 3 rings (SSSR count). The van der Waals surface area contributed by atoms with E-state index in [1.54, 1.807) is 0 Å². The minimum absolute atomic E-state index is 0.226. The van der Waals surface area contributed by atoms with Gasteiger partial charge in [0.15, 0.2) is 0 Å². The Morgan fingerprint density at radius 3 is 2.44 bits per heavy atom. The number of halogens is 1. The number of benzene rings is 2. The molecular weight excluding hydrogens is 360 g/mol. The second-order valence-corrected chi connectivity index (χ2v) is 6.74. The van der Waals surface area contributed by atoms with E-state index < -0.39 is 0 Å². The maximum Gasteiger partial charge on any atom is 0.258 e. The maximum absolute atomic E-state index is 12.4. The molecule has 0 radical (unpaired) electrons. The number of rotatable bonds is 6. The van der Waals surface area contributed by atoms with Gasteiger partial charge in [-0.1, -0.05) is 35.9 Å². The highest BCUT2D eigenvalue weighted by molar-refractivity contribution is 6.30. The van der Waals surface area contributed by atoms with E-state index in [-0.39, 0.29) is 5.91 Å². The van der Waals surface area contributed by atoms with E-state index in [1.165, 1.54) is 18.0 Å². The summed E-state index contributed by atoms with van der Waals surface area (Å²) >= 11 is 5.88. The van der Waals surface area contributed by atoms with Gasteiger partial charge in [0.25, 0.3) is 5.91 Å². The molecule has 0 bridgehead atoms. The van der Waals surface area contributed by atoms with Gasteiger partial charge in [-0.2, -0.15) is 0 Å². The molecule has 2 N–H and O–H groups in total. The van der Waals surface area contributed by atoms with Gasteiger partial charge < -0.3 is 10.6 Å². The third-order valence-electron chi connectivity index (χ3n) is 4.38. The lowest BCUT2D eigenvalue weighted by Crippen LogP contribution is -2.15. The summed E-state index contributed by atoms with van der Waals surface area (Å²) in [7, 11) is 0. The second-order valence-electron chi connectivity index (χ2n) is 6.30. The van der Waals surface area contributed by atoms with Crippen LogP contribution in [0.25, 0.3) is 0 Å². The van der Waals surface area contributed by atoms with Gasteiger partial charge >= 0.3 is 0 Å². The number of carbonyl (C=O) groups excluding carboxylic acids is 1. The van der Waals surface area contributed by atoms with Crippen molar-refractivity contribution in [1.29, 1.82) is 0 Å². The Kier molecular flexibility index (Phi) is 6.04. The molecule has 1 heterocycles. The van der Waals surface area contributed by atoms with Gasteiger partial charge in [-0.25, -0.2) is 9.97 Å². The first-order valence-corrected chi connectivity index (χ1v) is 9.08. The van der Waals surface area contributed by atoms with E-state index in [4.69, 9.17) is 11.6 Å². The highest BCUT2D eigenvalue weighted by Crippen LogP contribution is 2.18. The van der Waals surface area contributed by atoms with Crippen molar-refractivity contribution in [2.75, 3.05) is 17.2 Å². The number of aromatic nitrogens is 2. The SMILES string of the molecule is Cc1cccc(NC(=O)c2cnc(NCCc3ccc(Cl)cc3)nc2)c1C. The van der Waals surface area contributed by atoms with Crippen LogP contribution in [0.15, 0.2) is 54.9 Å². The summed E-state index contributed by atoms with van der Waals surface area (Å²) in [6.07, 6.45) is 3.88. The average Bonchev–Trinajstić information content (AvgIpc) is 2.67. The number of aryl methyl sites for hydroxylation is 1. The molecule has 0 fully saturated rings. The summed E-state index contributed by atoms with van der Waals surface area (Å²) < 4.78 is 0. The maximum atomic E-state index is 12.4. The monoisotopic (exact) mass is 380 g/mol. The lowest BCUT2D eigenvalue weighted by molar-refractivity contribution is 0.102. The third-order valence-corrected chi connectivity index (χ3v) is 4.63. The summed E-state index contributed by atoms with van der Waals surface area (Å²) in [6.45, 7) is 4.68.